The van der Waals surface area contributed by atoms with Crippen molar-refractivity contribution in [2.45, 2.75) is 56.8 Å². The number of amides is 1. The second-order valence-corrected chi connectivity index (χ2v) is 11.3. The number of ether oxygens (including phenoxy) is 1. The lowest BCUT2D eigenvalue weighted by Crippen LogP contribution is -2.51. The third-order valence-electron chi connectivity index (χ3n) is 8.93. The van der Waals surface area contributed by atoms with E-state index >= 15 is 0 Å². The number of piperidine rings is 1. The molecular weight excluding hydrogens is 488 g/mol. The fraction of sp³-hybridized carbons (Fsp3) is 0.344. The van der Waals surface area contributed by atoms with Crippen LogP contribution in [-0.2, 0) is 4.79 Å². The minimum absolute atomic E-state index is 0.104. The molecule has 3 unspecified atom stereocenters. The van der Waals surface area contributed by atoms with Crippen LogP contribution in [0, 0.1) is 5.92 Å². The van der Waals surface area contributed by atoms with Crippen LogP contribution in [-0.4, -0.2) is 40.7 Å². The third kappa shape index (κ3) is 4.31. The van der Waals surface area contributed by atoms with E-state index in [1.54, 1.807) is 6.07 Å². The molecule has 0 aromatic heterocycles. The maximum atomic E-state index is 11.8. The van der Waals surface area contributed by atoms with Gasteiger partial charge in [-0.15, -0.1) is 0 Å². The fourth-order valence-electron chi connectivity index (χ4n) is 7.34. The van der Waals surface area contributed by atoms with E-state index in [0.29, 0.717) is 23.8 Å². The lowest BCUT2D eigenvalue weighted by atomic mass is 9.72. The summed E-state index contributed by atoms with van der Waals surface area (Å²) in [6.07, 6.45) is 9.00. The number of aromatic hydroxyl groups is 1. The number of anilines is 1. The van der Waals surface area contributed by atoms with Crippen molar-refractivity contribution in [2.24, 2.45) is 5.92 Å². The van der Waals surface area contributed by atoms with Gasteiger partial charge in [-0.25, -0.2) is 0 Å². The molecule has 4 aliphatic heterocycles. The minimum Gasteiger partial charge on any atom is -0.504 e. The van der Waals surface area contributed by atoms with Crippen molar-refractivity contribution in [3.63, 3.8) is 0 Å². The number of hydrogen-bond acceptors (Lipinski definition) is 6. The molecule has 7 rings (SSSR count). The Morgan fingerprint density at radius 3 is 2.54 bits per heavy atom. The molecule has 7 heteroatoms. The van der Waals surface area contributed by atoms with Gasteiger partial charge in [0, 0.05) is 66.2 Å². The lowest BCUT2D eigenvalue weighted by Gasteiger charge is -2.44. The van der Waals surface area contributed by atoms with E-state index in [2.05, 4.69) is 45.1 Å². The number of hydrogen-bond donors (Lipinski definition) is 4. The summed E-state index contributed by atoms with van der Waals surface area (Å²) in [6, 6.07) is 21.1. The Bertz CT molecular complexity index is 1430. The molecule has 0 spiro atoms. The number of phenols is 1. The van der Waals surface area contributed by atoms with Crippen LogP contribution in [0.1, 0.15) is 49.7 Å². The van der Waals surface area contributed by atoms with Crippen molar-refractivity contribution < 1.29 is 14.6 Å². The average molecular weight is 523 g/mol. The molecule has 4 heterocycles. The van der Waals surface area contributed by atoms with E-state index < -0.39 is 0 Å². The standard InChI is InChI=1S/C32H34N4O3/c1-19(37)35-27-7-3-2-5-24(27)20-9-12-25-29(17-20)39-32-26(6-4-8-28(32)38)31(25)21-15-22-10-11-23(16-21)36(22)18-30-33-13-14-34-30/h2-9,12-14,17,21-23,30-31,33-34,38H,10-11,15-16,18H2,1H3,(H,35,37)/t21?,22-,23?,31?/m1/s1. The molecule has 2 fully saturated rings. The summed E-state index contributed by atoms with van der Waals surface area (Å²) >= 11 is 0. The van der Waals surface area contributed by atoms with Crippen LogP contribution >= 0.6 is 0 Å². The highest BCUT2D eigenvalue weighted by Crippen LogP contribution is 2.55. The Labute approximate surface area is 228 Å². The van der Waals surface area contributed by atoms with Crippen LogP contribution in [0.3, 0.4) is 0 Å². The van der Waals surface area contributed by atoms with Gasteiger partial charge < -0.3 is 25.8 Å². The maximum Gasteiger partial charge on any atom is 0.221 e. The first-order valence-electron chi connectivity index (χ1n) is 14.0. The Balaban J connectivity index is 1.24. The number of fused-ring (bicyclic) bond motifs is 4. The molecule has 0 radical (unpaired) electrons. The Morgan fingerprint density at radius 1 is 1.00 bits per heavy atom. The van der Waals surface area contributed by atoms with Crippen molar-refractivity contribution in [2.75, 3.05) is 11.9 Å². The molecular formula is C32H34N4O3. The van der Waals surface area contributed by atoms with Gasteiger partial charge >= 0.3 is 0 Å². The SMILES string of the molecule is CC(=O)Nc1ccccc1-c1ccc2c(c1)Oc1c(O)cccc1C2C1CC2CC[C@H](C1)N2CC1NC=CN1. The van der Waals surface area contributed by atoms with Gasteiger partial charge in [-0.1, -0.05) is 42.5 Å². The summed E-state index contributed by atoms with van der Waals surface area (Å²) in [7, 11) is 0. The number of nitrogens with one attached hydrogen (secondary N) is 3. The van der Waals surface area contributed by atoms with Gasteiger partial charge in [0.05, 0.1) is 0 Å². The van der Waals surface area contributed by atoms with Crippen LogP contribution in [0.5, 0.6) is 17.2 Å². The van der Waals surface area contributed by atoms with Crippen molar-refractivity contribution >= 4 is 11.6 Å². The van der Waals surface area contributed by atoms with Crippen LogP contribution in [0.2, 0.25) is 0 Å². The molecule has 1 amide bonds. The topological polar surface area (TPSA) is 85.9 Å². The number of phenolic OH excluding ortho intramolecular Hbond substituents is 1. The number of nitrogens with zero attached hydrogens (tertiary/aromatic N) is 1. The predicted molar refractivity (Wildman–Crippen MR) is 152 cm³/mol. The molecule has 3 aromatic carbocycles. The predicted octanol–water partition coefficient (Wildman–Crippen LogP) is 5.49. The summed E-state index contributed by atoms with van der Waals surface area (Å²) in [5.41, 5.74) is 4.93. The van der Waals surface area contributed by atoms with Gasteiger partial charge in [0.25, 0.3) is 0 Å². The van der Waals surface area contributed by atoms with Crippen molar-refractivity contribution in [1.82, 2.24) is 15.5 Å². The molecule has 4 aliphatic rings. The average Bonchev–Trinajstić information content (AvgIpc) is 3.52. The number of para-hydroxylation sites is 2. The van der Waals surface area contributed by atoms with Gasteiger partial charge in [-0.3, -0.25) is 9.69 Å². The van der Waals surface area contributed by atoms with Crippen molar-refractivity contribution in [3.8, 4) is 28.4 Å². The summed E-state index contributed by atoms with van der Waals surface area (Å²) in [4.78, 5) is 14.5. The molecule has 7 nitrogen and oxygen atoms in total. The van der Waals surface area contributed by atoms with Gasteiger partial charge in [0.2, 0.25) is 5.91 Å². The van der Waals surface area contributed by atoms with Crippen LogP contribution in [0.25, 0.3) is 11.1 Å². The van der Waals surface area contributed by atoms with E-state index in [4.69, 9.17) is 4.74 Å². The van der Waals surface area contributed by atoms with Crippen LogP contribution in [0.4, 0.5) is 5.69 Å². The van der Waals surface area contributed by atoms with E-state index in [9.17, 15) is 9.90 Å². The number of carbonyl (C=O) groups excluding carboxylic acids is 1. The molecule has 4 N–H and O–H groups in total. The number of carbonyl (C=O) groups is 1. The van der Waals surface area contributed by atoms with Crippen molar-refractivity contribution in [1.29, 1.82) is 0 Å². The van der Waals surface area contributed by atoms with Gasteiger partial charge in [0.15, 0.2) is 11.5 Å². The second-order valence-electron chi connectivity index (χ2n) is 11.3. The largest absolute Gasteiger partial charge is 0.504 e. The second kappa shape index (κ2) is 9.65. The first kappa shape index (κ1) is 24.1. The molecule has 39 heavy (non-hydrogen) atoms. The fourth-order valence-corrected chi connectivity index (χ4v) is 7.34. The maximum absolute atomic E-state index is 11.8. The van der Waals surface area contributed by atoms with Gasteiger partial charge in [-0.2, -0.15) is 0 Å². The molecule has 200 valence electrons. The zero-order valence-corrected chi connectivity index (χ0v) is 22.1. The van der Waals surface area contributed by atoms with Gasteiger partial charge in [-0.05, 0) is 55.4 Å². The quantitative estimate of drug-likeness (QED) is 0.355. The molecule has 3 aromatic rings. The van der Waals surface area contributed by atoms with E-state index in [1.165, 1.54) is 25.3 Å². The highest BCUT2D eigenvalue weighted by Gasteiger charge is 2.46. The van der Waals surface area contributed by atoms with E-state index in [1.807, 2.05) is 42.7 Å². The summed E-state index contributed by atoms with van der Waals surface area (Å²) in [6.45, 7) is 2.53. The van der Waals surface area contributed by atoms with Crippen LogP contribution in [0.15, 0.2) is 73.1 Å². The Kier molecular flexibility index (Phi) is 5.96. The monoisotopic (exact) mass is 522 g/mol. The van der Waals surface area contributed by atoms with Crippen LogP contribution < -0.4 is 20.7 Å². The Hall–Kier alpha value is -3.97. The molecule has 2 bridgehead atoms. The zero-order valence-electron chi connectivity index (χ0n) is 22.1. The number of benzene rings is 3. The summed E-state index contributed by atoms with van der Waals surface area (Å²) in [5, 5.41) is 20.6. The zero-order chi connectivity index (χ0) is 26.5. The molecule has 2 saturated heterocycles. The third-order valence-corrected chi connectivity index (χ3v) is 8.93. The number of rotatable bonds is 5. The summed E-state index contributed by atoms with van der Waals surface area (Å²) in [5.74, 6) is 2.05. The minimum atomic E-state index is -0.104. The van der Waals surface area contributed by atoms with Crippen molar-refractivity contribution in [3.05, 3.63) is 84.2 Å². The summed E-state index contributed by atoms with van der Waals surface area (Å²) < 4.78 is 6.42. The molecule has 4 atom stereocenters. The highest BCUT2D eigenvalue weighted by atomic mass is 16.5. The van der Waals surface area contributed by atoms with E-state index in [0.717, 1.165) is 47.5 Å². The molecule has 0 saturated carbocycles. The Morgan fingerprint density at radius 2 is 1.77 bits per heavy atom. The first-order valence-corrected chi connectivity index (χ1v) is 14.0. The lowest BCUT2D eigenvalue weighted by molar-refractivity contribution is -0.114. The molecule has 0 aliphatic carbocycles. The van der Waals surface area contributed by atoms with Gasteiger partial charge in [0.1, 0.15) is 11.9 Å². The van der Waals surface area contributed by atoms with E-state index in [-0.39, 0.29) is 23.7 Å². The smallest absolute Gasteiger partial charge is 0.221 e. The normalized spacial score (nSPS) is 25.3. The first-order chi connectivity index (χ1) is 19.0. The highest BCUT2D eigenvalue weighted by molar-refractivity contribution is 5.94.